The quantitative estimate of drug-likeness (QED) is 0.885. The number of nitrogens with zero attached hydrogens (tertiary/aromatic N) is 4. The number of rotatable bonds is 4. The van der Waals surface area contributed by atoms with Crippen molar-refractivity contribution in [2.75, 3.05) is 24.5 Å². The lowest BCUT2D eigenvalue weighted by Gasteiger charge is -2.33. The van der Waals surface area contributed by atoms with Gasteiger partial charge in [0.15, 0.2) is 0 Å². The van der Waals surface area contributed by atoms with Gasteiger partial charge in [-0.1, -0.05) is 17.7 Å². The number of carbonyl (C=O) groups is 1. The number of hydrogen-bond acceptors (Lipinski definition) is 4. The van der Waals surface area contributed by atoms with Gasteiger partial charge in [0.2, 0.25) is 5.91 Å². The molecule has 1 aliphatic carbocycles. The summed E-state index contributed by atoms with van der Waals surface area (Å²) < 4.78 is 2.00. The molecule has 1 atom stereocenters. The van der Waals surface area contributed by atoms with Gasteiger partial charge in [-0.25, -0.2) is 0 Å². The Morgan fingerprint density at radius 3 is 2.93 bits per heavy atom. The van der Waals surface area contributed by atoms with Crippen LogP contribution in [0.4, 0.5) is 5.69 Å². The van der Waals surface area contributed by atoms with E-state index in [0.717, 1.165) is 62.4 Å². The van der Waals surface area contributed by atoms with E-state index in [1.807, 2.05) is 15.6 Å². The van der Waals surface area contributed by atoms with Gasteiger partial charge >= 0.3 is 0 Å². The first-order chi connectivity index (χ1) is 13.6. The number of aryl methyl sites for hydroxylation is 2. The van der Waals surface area contributed by atoms with Gasteiger partial charge in [-0.3, -0.25) is 14.4 Å². The molecule has 1 saturated carbocycles. The van der Waals surface area contributed by atoms with Crippen LogP contribution in [0.15, 0.2) is 24.3 Å². The number of anilines is 1. The second-order valence-corrected chi connectivity index (χ2v) is 8.56. The number of aromatic nitrogens is 2. The Balaban J connectivity index is 1.27. The minimum Gasteiger partial charge on any atom is -0.386 e. The molecule has 1 N–H and O–H groups in total. The monoisotopic (exact) mass is 380 g/mol. The third kappa shape index (κ3) is 3.35. The van der Waals surface area contributed by atoms with Crippen LogP contribution in [0.2, 0.25) is 0 Å². The number of benzene rings is 1. The van der Waals surface area contributed by atoms with Gasteiger partial charge < -0.3 is 10.0 Å². The molecule has 6 heteroatoms. The van der Waals surface area contributed by atoms with Crippen molar-refractivity contribution in [2.45, 2.75) is 51.8 Å². The van der Waals surface area contributed by atoms with Crippen LogP contribution in [0.5, 0.6) is 0 Å². The molecule has 2 aromatic rings. The highest BCUT2D eigenvalue weighted by Crippen LogP contribution is 2.40. The fourth-order valence-corrected chi connectivity index (χ4v) is 4.54. The van der Waals surface area contributed by atoms with Crippen LogP contribution in [0.3, 0.4) is 0 Å². The molecule has 3 aliphatic rings. The third-order valence-corrected chi connectivity index (χ3v) is 6.28. The van der Waals surface area contributed by atoms with Crippen LogP contribution in [-0.4, -0.2) is 45.3 Å². The second kappa shape index (κ2) is 7.01. The van der Waals surface area contributed by atoms with Crippen molar-refractivity contribution in [3.8, 4) is 0 Å². The van der Waals surface area contributed by atoms with E-state index in [4.69, 9.17) is 0 Å². The van der Waals surface area contributed by atoms with Gasteiger partial charge in [0.05, 0.1) is 24.5 Å². The Hall–Kier alpha value is -2.18. The van der Waals surface area contributed by atoms with Crippen molar-refractivity contribution in [3.63, 3.8) is 0 Å². The number of aliphatic hydroxyl groups excluding tert-OH is 1. The Morgan fingerprint density at radius 2 is 2.11 bits per heavy atom. The molecule has 3 heterocycles. The molecule has 0 saturated heterocycles. The second-order valence-electron chi connectivity index (χ2n) is 8.56. The zero-order chi connectivity index (χ0) is 19.3. The minimum atomic E-state index is -0.429. The SMILES string of the molecule is Cc1ccc2c(c1)CCCN2C(=O)CN1CCn2nc([C@@H](O)C3CC3)cc2C1. The molecule has 1 aromatic heterocycles. The van der Waals surface area contributed by atoms with Gasteiger partial charge in [0, 0.05) is 25.3 Å². The number of fused-ring (bicyclic) bond motifs is 2. The summed E-state index contributed by atoms with van der Waals surface area (Å²) in [4.78, 5) is 17.2. The first-order valence-corrected chi connectivity index (χ1v) is 10.5. The van der Waals surface area contributed by atoms with Crippen molar-refractivity contribution >= 4 is 11.6 Å². The van der Waals surface area contributed by atoms with E-state index in [9.17, 15) is 9.90 Å². The summed E-state index contributed by atoms with van der Waals surface area (Å²) in [7, 11) is 0. The molecule has 28 heavy (non-hydrogen) atoms. The number of hydrogen-bond donors (Lipinski definition) is 1. The van der Waals surface area contributed by atoms with Crippen LogP contribution in [-0.2, 0) is 24.3 Å². The molecule has 6 nitrogen and oxygen atoms in total. The largest absolute Gasteiger partial charge is 0.386 e. The molecule has 148 valence electrons. The first kappa shape index (κ1) is 17.9. The molecule has 1 amide bonds. The van der Waals surface area contributed by atoms with Crippen molar-refractivity contribution in [1.29, 1.82) is 0 Å². The maximum atomic E-state index is 13.1. The zero-order valence-electron chi connectivity index (χ0n) is 16.5. The number of amides is 1. The van der Waals surface area contributed by atoms with Crippen LogP contribution in [0, 0.1) is 12.8 Å². The van der Waals surface area contributed by atoms with Crippen molar-refractivity contribution in [2.24, 2.45) is 5.92 Å². The van der Waals surface area contributed by atoms with Gasteiger partial charge in [-0.15, -0.1) is 0 Å². The van der Waals surface area contributed by atoms with Gasteiger partial charge in [-0.2, -0.15) is 5.10 Å². The average molecular weight is 380 g/mol. The van der Waals surface area contributed by atoms with Gasteiger partial charge in [0.25, 0.3) is 0 Å². The van der Waals surface area contributed by atoms with E-state index < -0.39 is 6.10 Å². The molecule has 0 radical (unpaired) electrons. The molecular formula is C22H28N4O2. The summed E-state index contributed by atoms with van der Waals surface area (Å²) in [5.41, 5.74) is 5.52. The molecule has 0 unspecified atom stereocenters. The molecule has 2 aliphatic heterocycles. The summed E-state index contributed by atoms with van der Waals surface area (Å²) in [6.07, 6.45) is 3.84. The topological polar surface area (TPSA) is 61.6 Å². The summed E-state index contributed by atoms with van der Waals surface area (Å²) in [6.45, 7) is 5.64. The zero-order valence-corrected chi connectivity index (χ0v) is 16.5. The Morgan fingerprint density at radius 1 is 1.25 bits per heavy atom. The maximum absolute atomic E-state index is 13.1. The van der Waals surface area contributed by atoms with Crippen molar-refractivity contribution < 1.29 is 9.90 Å². The van der Waals surface area contributed by atoms with Crippen molar-refractivity contribution in [3.05, 3.63) is 46.8 Å². The smallest absolute Gasteiger partial charge is 0.241 e. The summed E-state index contributed by atoms with van der Waals surface area (Å²) in [5.74, 6) is 0.563. The predicted octanol–water partition coefficient (Wildman–Crippen LogP) is 2.43. The molecule has 1 aromatic carbocycles. The number of aliphatic hydroxyl groups is 1. The Bertz CT molecular complexity index is 902. The molecule has 0 bridgehead atoms. The minimum absolute atomic E-state index is 0.177. The van der Waals surface area contributed by atoms with E-state index in [1.54, 1.807) is 0 Å². The summed E-state index contributed by atoms with van der Waals surface area (Å²) in [5, 5.41) is 15.0. The average Bonchev–Trinajstić information content (AvgIpc) is 3.45. The fourth-order valence-electron chi connectivity index (χ4n) is 4.54. The highest BCUT2D eigenvalue weighted by molar-refractivity contribution is 5.96. The fraction of sp³-hybridized carbons (Fsp3) is 0.545. The van der Waals surface area contributed by atoms with Crippen LogP contribution < -0.4 is 4.90 Å². The van der Waals surface area contributed by atoms with E-state index in [1.165, 1.54) is 11.1 Å². The standard InChI is InChI=1S/C22H28N4O2/c1-15-4-7-20-17(11-15)3-2-8-25(20)21(27)14-24-9-10-26-18(13-24)12-19(23-26)22(28)16-5-6-16/h4,7,11-12,16,22,28H,2-3,5-6,8-10,13-14H2,1H3/t22-/m0/s1. The van der Waals surface area contributed by atoms with E-state index in [-0.39, 0.29) is 5.91 Å². The lowest BCUT2D eigenvalue weighted by molar-refractivity contribution is -0.120. The Labute approximate surface area is 165 Å². The van der Waals surface area contributed by atoms with Gasteiger partial charge in [0.1, 0.15) is 6.10 Å². The lowest BCUT2D eigenvalue weighted by atomic mass is 9.99. The lowest BCUT2D eigenvalue weighted by Crippen LogP contribution is -2.45. The predicted molar refractivity (Wildman–Crippen MR) is 107 cm³/mol. The Kier molecular flexibility index (Phi) is 4.48. The highest BCUT2D eigenvalue weighted by atomic mass is 16.3. The number of carbonyl (C=O) groups excluding carboxylic acids is 1. The van der Waals surface area contributed by atoms with E-state index >= 15 is 0 Å². The molecule has 0 spiro atoms. The first-order valence-electron chi connectivity index (χ1n) is 10.5. The van der Waals surface area contributed by atoms with Crippen LogP contribution in [0.25, 0.3) is 0 Å². The van der Waals surface area contributed by atoms with Gasteiger partial charge in [-0.05, 0) is 56.2 Å². The van der Waals surface area contributed by atoms with Crippen molar-refractivity contribution in [1.82, 2.24) is 14.7 Å². The third-order valence-electron chi connectivity index (χ3n) is 6.28. The molecule has 1 fully saturated rings. The summed E-state index contributed by atoms with van der Waals surface area (Å²) in [6, 6.07) is 8.43. The normalized spacial score (nSPS) is 20.6. The summed E-state index contributed by atoms with van der Waals surface area (Å²) >= 11 is 0. The molecule has 5 rings (SSSR count). The highest BCUT2D eigenvalue weighted by Gasteiger charge is 2.33. The van der Waals surface area contributed by atoms with E-state index in [2.05, 4.69) is 35.1 Å². The maximum Gasteiger partial charge on any atom is 0.241 e. The molecular weight excluding hydrogens is 352 g/mol. The van der Waals surface area contributed by atoms with Crippen LogP contribution in [0.1, 0.15) is 47.9 Å². The van der Waals surface area contributed by atoms with Crippen LogP contribution >= 0.6 is 0 Å². The van der Waals surface area contributed by atoms with E-state index in [0.29, 0.717) is 19.0 Å².